The van der Waals surface area contributed by atoms with Crippen LogP contribution in [0, 0.1) is 5.92 Å². The van der Waals surface area contributed by atoms with Crippen LogP contribution >= 0.6 is 11.6 Å². The number of ether oxygens (including phenoxy) is 1. The van der Waals surface area contributed by atoms with Crippen molar-refractivity contribution in [2.24, 2.45) is 5.92 Å². The second-order valence-electron chi connectivity index (χ2n) is 6.02. The highest BCUT2D eigenvalue weighted by Crippen LogP contribution is 2.23. The number of esters is 1. The van der Waals surface area contributed by atoms with E-state index in [0.717, 1.165) is 37.2 Å². The molecule has 4 nitrogen and oxygen atoms in total. The van der Waals surface area contributed by atoms with Crippen LogP contribution in [0.5, 0.6) is 0 Å². The van der Waals surface area contributed by atoms with Crippen LogP contribution in [0.2, 0.25) is 5.02 Å². The molecular weight excluding hydrogens is 314 g/mol. The van der Waals surface area contributed by atoms with E-state index >= 15 is 0 Å². The molecule has 0 saturated heterocycles. The van der Waals surface area contributed by atoms with E-state index in [-0.39, 0.29) is 18.6 Å². The first kappa shape index (κ1) is 17.5. The Morgan fingerprint density at radius 2 is 2.04 bits per heavy atom. The van der Waals surface area contributed by atoms with Crippen LogP contribution in [0.15, 0.2) is 30.3 Å². The molecule has 0 heterocycles. The maximum absolute atomic E-state index is 11.8. The van der Waals surface area contributed by atoms with Crippen molar-refractivity contribution in [3.05, 3.63) is 40.9 Å². The van der Waals surface area contributed by atoms with Crippen molar-refractivity contribution in [2.45, 2.75) is 38.6 Å². The van der Waals surface area contributed by atoms with Crippen molar-refractivity contribution >= 4 is 29.6 Å². The van der Waals surface area contributed by atoms with E-state index in [1.807, 2.05) is 6.07 Å². The fraction of sp³-hybridized carbons (Fsp3) is 0.444. The summed E-state index contributed by atoms with van der Waals surface area (Å²) in [7, 11) is 0. The predicted octanol–water partition coefficient (Wildman–Crippen LogP) is 3.59. The molecule has 0 unspecified atom stereocenters. The van der Waals surface area contributed by atoms with Crippen molar-refractivity contribution in [1.29, 1.82) is 0 Å². The van der Waals surface area contributed by atoms with Gasteiger partial charge in [0.2, 0.25) is 0 Å². The quantitative estimate of drug-likeness (QED) is 0.661. The van der Waals surface area contributed by atoms with Crippen LogP contribution in [0.1, 0.15) is 38.2 Å². The molecule has 1 N–H and O–H groups in total. The molecule has 0 spiro atoms. The van der Waals surface area contributed by atoms with Crippen molar-refractivity contribution < 1.29 is 14.3 Å². The zero-order chi connectivity index (χ0) is 16.7. The van der Waals surface area contributed by atoms with Crippen LogP contribution < -0.4 is 5.32 Å². The van der Waals surface area contributed by atoms with Crippen molar-refractivity contribution in [3.63, 3.8) is 0 Å². The minimum absolute atomic E-state index is 0.208. The molecule has 0 aliphatic heterocycles. The molecule has 1 amide bonds. The molecular formula is C18H22ClNO3. The van der Waals surface area contributed by atoms with Gasteiger partial charge >= 0.3 is 5.97 Å². The number of hydrogen-bond donors (Lipinski definition) is 1. The van der Waals surface area contributed by atoms with E-state index in [4.69, 9.17) is 16.3 Å². The highest BCUT2D eigenvalue weighted by molar-refractivity contribution is 6.30. The monoisotopic (exact) mass is 335 g/mol. The lowest BCUT2D eigenvalue weighted by molar-refractivity contribution is -0.144. The molecule has 1 aliphatic carbocycles. The van der Waals surface area contributed by atoms with Gasteiger partial charge in [-0.25, -0.2) is 4.79 Å². The lowest BCUT2D eigenvalue weighted by Gasteiger charge is -2.26. The standard InChI is InChI=1S/C18H22ClNO3/c1-13-5-8-16(9-6-13)20-17(21)12-23-18(22)10-7-14-3-2-4-15(19)11-14/h2-4,7,10-11,13,16H,5-6,8-9,12H2,1H3,(H,20,21)/b10-7+. The van der Waals surface area contributed by atoms with E-state index in [2.05, 4.69) is 12.2 Å². The zero-order valence-corrected chi connectivity index (χ0v) is 14.0. The smallest absolute Gasteiger partial charge is 0.331 e. The molecule has 1 saturated carbocycles. The third-order valence-electron chi connectivity index (χ3n) is 3.99. The first-order valence-corrected chi connectivity index (χ1v) is 8.30. The SMILES string of the molecule is CC1CCC(NC(=O)COC(=O)/C=C/c2cccc(Cl)c2)CC1. The van der Waals surface area contributed by atoms with Gasteiger partial charge in [0.1, 0.15) is 0 Å². The topological polar surface area (TPSA) is 55.4 Å². The van der Waals surface area contributed by atoms with Gasteiger partial charge in [-0.15, -0.1) is 0 Å². The van der Waals surface area contributed by atoms with Gasteiger partial charge in [-0.1, -0.05) is 30.7 Å². The lowest BCUT2D eigenvalue weighted by Crippen LogP contribution is -2.39. The second-order valence-corrected chi connectivity index (χ2v) is 6.46. The van der Waals surface area contributed by atoms with E-state index in [0.29, 0.717) is 5.02 Å². The highest BCUT2D eigenvalue weighted by atomic mass is 35.5. The van der Waals surface area contributed by atoms with Crippen LogP contribution in [-0.2, 0) is 14.3 Å². The van der Waals surface area contributed by atoms with Gasteiger partial charge in [0, 0.05) is 17.1 Å². The third kappa shape index (κ3) is 6.45. The van der Waals surface area contributed by atoms with Crippen molar-refractivity contribution in [3.8, 4) is 0 Å². The average molecular weight is 336 g/mol. The van der Waals surface area contributed by atoms with Crippen LogP contribution in [0.4, 0.5) is 0 Å². The number of nitrogens with one attached hydrogen (secondary N) is 1. The number of hydrogen-bond acceptors (Lipinski definition) is 3. The largest absolute Gasteiger partial charge is 0.452 e. The molecule has 0 bridgehead atoms. The van der Waals surface area contributed by atoms with Crippen molar-refractivity contribution in [1.82, 2.24) is 5.32 Å². The zero-order valence-electron chi connectivity index (χ0n) is 13.3. The summed E-state index contributed by atoms with van der Waals surface area (Å²) in [4.78, 5) is 23.4. The summed E-state index contributed by atoms with van der Waals surface area (Å²) < 4.78 is 4.95. The fourth-order valence-electron chi connectivity index (χ4n) is 2.63. The van der Waals surface area contributed by atoms with E-state index in [9.17, 15) is 9.59 Å². The van der Waals surface area contributed by atoms with Gasteiger partial charge < -0.3 is 10.1 Å². The molecule has 0 radical (unpaired) electrons. The number of carbonyl (C=O) groups excluding carboxylic acids is 2. The van der Waals surface area contributed by atoms with E-state index in [1.165, 1.54) is 6.08 Å². The van der Waals surface area contributed by atoms with Gasteiger partial charge in [0.05, 0.1) is 0 Å². The predicted molar refractivity (Wildman–Crippen MR) is 91.0 cm³/mol. The number of benzene rings is 1. The van der Waals surface area contributed by atoms with Gasteiger partial charge in [-0.05, 0) is 55.4 Å². The number of carbonyl (C=O) groups is 2. The summed E-state index contributed by atoms with van der Waals surface area (Å²) in [6.07, 6.45) is 7.15. The van der Waals surface area contributed by atoms with Gasteiger partial charge in [-0.3, -0.25) is 4.79 Å². The minimum Gasteiger partial charge on any atom is -0.452 e. The average Bonchev–Trinajstić information content (AvgIpc) is 2.53. The molecule has 124 valence electrons. The molecule has 1 aromatic rings. The summed E-state index contributed by atoms with van der Waals surface area (Å²) in [5.74, 6) is -0.0518. The Kier molecular flexibility index (Phi) is 6.66. The van der Waals surface area contributed by atoms with E-state index in [1.54, 1.807) is 24.3 Å². The third-order valence-corrected chi connectivity index (χ3v) is 4.22. The molecule has 5 heteroatoms. The molecule has 1 aliphatic rings. The number of amides is 1. The Morgan fingerprint density at radius 1 is 1.30 bits per heavy atom. The Bertz CT molecular complexity index is 577. The first-order valence-electron chi connectivity index (χ1n) is 7.92. The molecule has 1 aromatic carbocycles. The van der Waals surface area contributed by atoms with Crippen LogP contribution in [0.25, 0.3) is 6.08 Å². The Morgan fingerprint density at radius 3 is 2.74 bits per heavy atom. The lowest BCUT2D eigenvalue weighted by atomic mass is 9.87. The summed E-state index contributed by atoms with van der Waals surface area (Å²) in [5.41, 5.74) is 0.801. The fourth-order valence-corrected chi connectivity index (χ4v) is 2.83. The number of rotatable bonds is 5. The van der Waals surface area contributed by atoms with Crippen LogP contribution in [0.3, 0.4) is 0 Å². The highest BCUT2D eigenvalue weighted by Gasteiger charge is 2.19. The summed E-state index contributed by atoms with van der Waals surface area (Å²) in [6, 6.07) is 7.33. The summed E-state index contributed by atoms with van der Waals surface area (Å²) in [6.45, 7) is 1.98. The summed E-state index contributed by atoms with van der Waals surface area (Å²) in [5, 5.41) is 3.52. The Labute approximate surface area is 141 Å². The second kappa shape index (κ2) is 8.73. The Balaban J connectivity index is 1.70. The van der Waals surface area contributed by atoms with Gasteiger partial charge in [0.25, 0.3) is 5.91 Å². The normalized spacial score (nSPS) is 21.1. The van der Waals surface area contributed by atoms with Gasteiger partial charge in [-0.2, -0.15) is 0 Å². The maximum atomic E-state index is 11.8. The van der Waals surface area contributed by atoms with E-state index < -0.39 is 5.97 Å². The molecule has 2 rings (SSSR count). The molecule has 0 aromatic heterocycles. The Hall–Kier alpha value is -1.81. The summed E-state index contributed by atoms with van der Waals surface area (Å²) >= 11 is 5.86. The minimum atomic E-state index is -0.544. The van der Waals surface area contributed by atoms with Crippen molar-refractivity contribution in [2.75, 3.05) is 6.61 Å². The molecule has 23 heavy (non-hydrogen) atoms. The molecule has 1 fully saturated rings. The first-order chi connectivity index (χ1) is 11.0. The van der Waals surface area contributed by atoms with Gasteiger partial charge in [0.15, 0.2) is 6.61 Å². The van der Waals surface area contributed by atoms with Crippen LogP contribution in [-0.4, -0.2) is 24.5 Å². The molecule has 0 atom stereocenters. The number of halogens is 1. The maximum Gasteiger partial charge on any atom is 0.331 e.